The minimum atomic E-state index is 0.574. The van der Waals surface area contributed by atoms with E-state index in [1.54, 1.807) is 0 Å². The Balaban J connectivity index is 1.16. The third kappa shape index (κ3) is 5.52. The van der Waals surface area contributed by atoms with Crippen molar-refractivity contribution >= 4 is 54.5 Å². The fourth-order valence-corrected chi connectivity index (χ4v) is 8.86. The Bertz CT molecular complexity index is 3610. The number of para-hydroxylation sites is 3. The number of rotatable bonds is 6. The van der Waals surface area contributed by atoms with Crippen LogP contribution >= 0.6 is 0 Å². The second-order valence-corrected chi connectivity index (χ2v) is 15.2. The summed E-state index contributed by atoms with van der Waals surface area (Å²) in [6.45, 7) is 0. The summed E-state index contributed by atoms with van der Waals surface area (Å²) in [4.78, 5) is 15.8. The van der Waals surface area contributed by atoms with Gasteiger partial charge < -0.3 is 8.98 Å². The molecule has 0 radical (unpaired) electrons. The number of nitrogens with zero attached hydrogens (tertiary/aromatic N) is 4. The summed E-state index contributed by atoms with van der Waals surface area (Å²) in [5.74, 6) is 1.78. The summed E-state index contributed by atoms with van der Waals surface area (Å²) < 4.78 is 9.12. The van der Waals surface area contributed by atoms with Gasteiger partial charge in [0.1, 0.15) is 11.2 Å². The Morgan fingerprint density at radius 1 is 0.333 bits per heavy atom. The SMILES string of the molecule is c1ccc(-c2nc(-c3ccccc3-c3ccccc3)nc(-c3ccc(-n4c5ccccc5c5cc6ccccc6cc54)cc3-c3cccc4c3oc3ccccc34)n2)cc1. The lowest BCUT2D eigenvalue weighted by atomic mass is 9.96. The van der Waals surface area contributed by atoms with Crippen molar-refractivity contribution in [2.24, 2.45) is 0 Å². The van der Waals surface area contributed by atoms with Crippen LogP contribution in [0, 0.1) is 0 Å². The van der Waals surface area contributed by atoms with E-state index in [-0.39, 0.29) is 0 Å². The van der Waals surface area contributed by atoms with Crippen LogP contribution in [-0.2, 0) is 0 Å². The second-order valence-electron chi connectivity index (χ2n) is 15.2. The molecule has 0 aliphatic heterocycles. The van der Waals surface area contributed by atoms with Gasteiger partial charge >= 0.3 is 0 Å². The Labute approximate surface area is 345 Å². The van der Waals surface area contributed by atoms with E-state index in [2.05, 4.69) is 168 Å². The lowest BCUT2D eigenvalue weighted by Crippen LogP contribution is -2.03. The molecule has 5 nitrogen and oxygen atoms in total. The largest absolute Gasteiger partial charge is 0.455 e. The standard InChI is InChI=1S/C55H34N4O/c1-3-16-35(17-4-1)40-22-9-10-25-45(40)54-56-53(36-18-5-2-6-19-36)57-55(58-54)46-31-30-39(34-47(46)44-27-15-26-43-42-24-12-14-29-51(42)60-52(43)44)59-49-28-13-11-23-41(49)48-32-37-20-7-8-21-38(37)33-50(48)59/h1-34H. The lowest BCUT2D eigenvalue weighted by Gasteiger charge is -2.16. The van der Waals surface area contributed by atoms with E-state index >= 15 is 0 Å². The third-order valence-corrected chi connectivity index (χ3v) is 11.7. The van der Waals surface area contributed by atoms with Crippen LogP contribution in [0.3, 0.4) is 0 Å². The van der Waals surface area contributed by atoms with Gasteiger partial charge in [-0.3, -0.25) is 0 Å². The van der Waals surface area contributed by atoms with Gasteiger partial charge in [-0.15, -0.1) is 0 Å². The van der Waals surface area contributed by atoms with Crippen LogP contribution in [0.25, 0.3) is 117 Å². The van der Waals surface area contributed by atoms with E-state index in [1.807, 2.05) is 42.5 Å². The molecule has 0 bridgehead atoms. The van der Waals surface area contributed by atoms with Crippen molar-refractivity contribution in [2.75, 3.05) is 0 Å². The average Bonchev–Trinajstić information content (AvgIpc) is 3.86. The van der Waals surface area contributed by atoms with Gasteiger partial charge in [-0.1, -0.05) is 164 Å². The summed E-state index contributed by atoms with van der Waals surface area (Å²) in [6, 6.07) is 72.1. The molecule has 0 atom stereocenters. The van der Waals surface area contributed by atoms with Gasteiger partial charge in [0.05, 0.1) is 11.0 Å². The minimum absolute atomic E-state index is 0.574. The molecule has 12 aromatic rings. The summed E-state index contributed by atoms with van der Waals surface area (Å²) >= 11 is 0. The minimum Gasteiger partial charge on any atom is -0.455 e. The van der Waals surface area contributed by atoms with Crippen LogP contribution in [0.4, 0.5) is 0 Å². The van der Waals surface area contributed by atoms with Crippen LogP contribution < -0.4 is 0 Å². The molecule has 280 valence electrons. The van der Waals surface area contributed by atoms with Crippen molar-refractivity contribution in [3.8, 4) is 62.1 Å². The molecule has 0 amide bonds. The maximum atomic E-state index is 6.74. The van der Waals surface area contributed by atoms with Crippen molar-refractivity contribution in [3.63, 3.8) is 0 Å². The van der Waals surface area contributed by atoms with Gasteiger partial charge in [-0.2, -0.15) is 0 Å². The number of aromatic nitrogens is 4. The predicted molar refractivity (Wildman–Crippen MR) is 246 cm³/mol. The molecular weight excluding hydrogens is 733 g/mol. The molecule has 0 unspecified atom stereocenters. The van der Waals surface area contributed by atoms with E-state index in [9.17, 15) is 0 Å². The Kier molecular flexibility index (Phi) is 7.78. The van der Waals surface area contributed by atoms with E-state index in [1.165, 1.54) is 21.5 Å². The molecule has 0 saturated carbocycles. The molecule has 12 rings (SSSR count). The fraction of sp³-hybridized carbons (Fsp3) is 0. The molecule has 0 N–H and O–H groups in total. The summed E-state index contributed by atoms with van der Waals surface area (Å²) in [5.41, 5.74) is 11.7. The highest BCUT2D eigenvalue weighted by Crippen LogP contribution is 2.43. The van der Waals surface area contributed by atoms with Crippen molar-refractivity contribution in [3.05, 3.63) is 206 Å². The zero-order chi connectivity index (χ0) is 39.6. The van der Waals surface area contributed by atoms with Crippen molar-refractivity contribution < 1.29 is 4.42 Å². The molecule has 3 aromatic heterocycles. The van der Waals surface area contributed by atoms with Gasteiger partial charge in [-0.25, -0.2) is 15.0 Å². The molecular formula is C55H34N4O. The zero-order valence-corrected chi connectivity index (χ0v) is 32.3. The Morgan fingerprint density at radius 3 is 1.72 bits per heavy atom. The maximum absolute atomic E-state index is 6.74. The molecule has 60 heavy (non-hydrogen) atoms. The summed E-state index contributed by atoms with van der Waals surface area (Å²) in [5, 5.41) is 6.96. The quantitative estimate of drug-likeness (QED) is 0.169. The predicted octanol–water partition coefficient (Wildman–Crippen LogP) is 14.4. The van der Waals surface area contributed by atoms with Crippen LogP contribution in [0.1, 0.15) is 0 Å². The molecule has 0 fully saturated rings. The number of hydrogen-bond acceptors (Lipinski definition) is 4. The normalized spacial score (nSPS) is 11.7. The summed E-state index contributed by atoms with van der Waals surface area (Å²) in [6.07, 6.45) is 0. The monoisotopic (exact) mass is 766 g/mol. The van der Waals surface area contributed by atoms with E-state index < -0.39 is 0 Å². The first-order valence-corrected chi connectivity index (χ1v) is 20.2. The van der Waals surface area contributed by atoms with Crippen LogP contribution in [0.5, 0.6) is 0 Å². The molecule has 9 aromatic carbocycles. The summed E-state index contributed by atoms with van der Waals surface area (Å²) in [7, 11) is 0. The number of hydrogen-bond donors (Lipinski definition) is 0. The number of furan rings is 1. The van der Waals surface area contributed by atoms with Crippen LogP contribution in [0.2, 0.25) is 0 Å². The van der Waals surface area contributed by atoms with Crippen molar-refractivity contribution in [1.82, 2.24) is 19.5 Å². The molecule has 0 aliphatic carbocycles. The number of fused-ring (bicyclic) bond motifs is 7. The van der Waals surface area contributed by atoms with Crippen LogP contribution in [-0.4, -0.2) is 19.5 Å². The van der Waals surface area contributed by atoms with E-state index in [0.717, 1.165) is 77.6 Å². The van der Waals surface area contributed by atoms with Gasteiger partial charge in [0.15, 0.2) is 17.5 Å². The van der Waals surface area contributed by atoms with E-state index in [0.29, 0.717) is 17.5 Å². The van der Waals surface area contributed by atoms with Gasteiger partial charge in [-0.05, 0) is 69.9 Å². The molecule has 5 heteroatoms. The fourth-order valence-electron chi connectivity index (χ4n) is 8.86. The molecule has 3 heterocycles. The van der Waals surface area contributed by atoms with E-state index in [4.69, 9.17) is 19.4 Å². The topological polar surface area (TPSA) is 56.7 Å². The maximum Gasteiger partial charge on any atom is 0.164 e. The first kappa shape index (κ1) is 33.9. The van der Waals surface area contributed by atoms with Gasteiger partial charge in [0.2, 0.25) is 0 Å². The Hall–Kier alpha value is -8.15. The third-order valence-electron chi connectivity index (χ3n) is 11.7. The first-order chi connectivity index (χ1) is 29.7. The molecule has 0 spiro atoms. The number of benzene rings is 9. The Morgan fingerprint density at radius 2 is 0.917 bits per heavy atom. The van der Waals surface area contributed by atoms with Crippen molar-refractivity contribution in [2.45, 2.75) is 0 Å². The van der Waals surface area contributed by atoms with Gasteiger partial charge in [0.25, 0.3) is 0 Å². The van der Waals surface area contributed by atoms with Crippen LogP contribution in [0.15, 0.2) is 211 Å². The average molecular weight is 767 g/mol. The second kappa shape index (κ2) is 13.8. The highest BCUT2D eigenvalue weighted by molar-refractivity contribution is 6.14. The van der Waals surface area contributed by atoms with Gasteiger partial charge in [0, 0.05) is 49.5 Å². The zero-order valence-electron chi connectivity index (χ0n) is 32.3. The lowest BCUT2D eigenvalue weighted by molar-refractivity contribution is 0.670. The highest BCUT2D eigenvalue weighted by atomic mass is 16.3. The molecule has 0 saturated heterocycles. The highest BCUT2D eigenvalue weighted by Gasteiger charge is 2.22. The first-order valence-electron chi connectivity index (χ1n) is 20.2. The van der Waals surface area contributed by atoms with Crippen molar-refractivity contribution in [1.29, 1.82) is 0 Å². The molecule has 0 aliphatic rings. The smallest absolute Gasteiger partial charge is 0.164 e.